The van der Waals surface area contributed by atoms with E-state index in [-0.39, 0.29) is 5.91 Å². The number of hydrogen-bond donors (Lipinski definition) is 1. The second-order valence-corrected chi connectivity index (χ2v) is 7.22. The SMILES string of the molecule is C=CCOc1ccccc1/C=N\NC(=O)CCCCCCCCCCCCC. The summed E-state index contributed by atoms with van der Waals surface area (Å²) in [4.78, 5) is 11.9. The van der Waals surface area contributed by atoms with Crippen molar-refractivity contribution in [3.63, 3.8) is 0 Å². The van der Waals surface area contributed by atoms with Crippen molar-refractivity contribution in [3.8, 4) is 5.75 Å². The van der Waals surface area contributed by atoms with Gasteiger partial charge in [0.25, 0.3) is 0 Å². The van der Waals surface area contributed by atoms with Gasteiger partial charge in [-0.3, -0.25) is 4.79 Å². The predicted molar refractivity (Wildman–Crippen MR) is 119 cm³/mol. The molecule has 0 aromatic heterocycles. The zero-order valence-electron chi connectivity index (χ0n) is 17.6. The van der Waals surface area contributed by atoms with E-state index in [0.717, 1.165) is 24.2 Å². The lowest BCUT2D eigenvalue weighted by Crippen LogP contribution is -2.17. The second kappa shape index (κ2) is 17.0. The van der Waals surface area contributed by atoms with E-state index in [9.17, 15) is 4.79 Å². The number of carbonyl (C=O) groups is 1. The van der Waals surface area contributed by atoms with Gasteiger partial charge in [-0.15, -0.1) is 0 Å². The Morgan fingerprint density at radius 3 is 2.25 bits per heavy atom. The standard InChI is InChI=1S/C24H38N2O2/c1-3-5-6-7-8-9-10-11-12-13-14-19-24(27)26-25-21-22-17-15-16-18-23(22)28-20-4-2/h4,15-18,21H,2-3,5-14,19-20H2,1H3,(H,26,27)/b25-21-. The molecule has 0 aliphatic rings. The molecule has 0 spiro atoms. The molecule has 1 rings (SSSR count). The Morgan fingerprint density at radius 2 is 1.61 bits per heavy atom. The highest BCUT2D eigenvalue weighted by atomic mass is 16.5. The maximum atomic E-state index is 11.9. The predicted octanol–water partition coefficient (Wildman–Crippen LogP) is 6.40. The Balaban J connectivity index is 2.07. The summed E-state index contributed by atoms with van der Waals surface area (Å²) in [5, 5.41) is 4.05. The first-order valence-corrected chi connectivity index (χ1v) is 10.9. The largest absolute Gasteiger partial charge is 0.489 e. The highest BCUT2D eigenvalue weighted by Gasteiger charge is 2.01. The summed E-state index contributed by atoms with van der Waals surface area (Å²) < 4.78 is 5.57. The van der Waals surface area contributed by atoms with Gasteiger partial charge in [-0.05, 0) is 18.6 Å². The lowest BCUT2D eigenvalue weighted by molar-refractivity contribution is -0.121. The molecule has 28 heavy (non-hydrogen) atoms. The summed E-state index contributed by atoms with van der Waals surface area (Å²) in [7, 11) is 0. The summed E-state index contributed by atoms with van der Waals surface area (Å²) in [5.74, 6) is 0.697. The van der Waals surface area contributed by atoms with Gasteiger partial charge in [0, 0.05) is 12.0 Å². The second-order valence-electron chi connectivity index (χ2n) is 7.22. The van der Waals surface area contributed by atoms with Crippen molar-refractivity contribution < 1.29 is 9.53 Å². The van der Waals surface area contributed by atoms with Gasteiger partial charge in [-0.1, -0.05) is 95.9 Å². The number of nitrogens with zero attached hydrogens (tertiary/aromatic N) is 1. The normalized spacial score (nSPS) is 10.9. The van der Waals surface area contributed by atoms with Crippen LogP contribution in [-0.2, 0) is 4.79 Å². The summed E-state index contributed by atoms with van der Waals surface area (Å²) in [6, 6.07) is 7.59. The van der Waals surface area contributed by atoms with Crippen LogP contribution in [0.4, 0.5) is 0 Å². The number of ether oxygens (including phenoxy) is 1. The van der Waals surface area contributed by atoms with Crippen molar-refractivity contribution in [3.05, 3.63) is 42.5 Å². The molecule has 0 aliphatic carbocycles. The Bertz CT molecular complexity index is 569. The maximum absolute atomic E-state index is 11.9. The molecule has 1 aromatic rings. The van der Waals surface area contributed by atoms with Gasteiger partial charge in [0.05, 0.1) is 6.21 Å². The number of hydrogen-bond acceptors (Lipinski definition) is 3. The van der Waals surface area contributed by atoms with Gasteiger partial charge in [0.15, 0.2) is 0 Å². The zero-order chi connectivity index (χ0) is 20.3. The van der Waals surface area contributed by atoms with Crippen molar-refractivity contribution in [2.75, 3.05) is 6.61 Å². The zero-order valence-corrected chi connectivity index (χ0v) is 17.6. The van der Waals surface area contributed by atoms with E-state index in [1.54, 1.807) is 12.3 Å². The van der Waals surface area contributed by atoms with Crippen LogP contribution in [0, 0.1) is 0 Å². The van der Waals surface area contributed by atoms with E-state index in [0.29, 0.717) is 13.0 Å². The summed E-state index contributed by atoms with van der Waals surface area (Å²) in [6.07, 6.45) is 17.9. The van der Waals surface area contributed by atoms with E-state index >= 15 is 0 Å². The van der Waals surface area contributed by atoms with E-state index in [1.165, 1.54) is 57.8 Å². The van der Waals surface area contributed by atoms with Gasteiger partial charge in [-0.2, -0.15) is 5.10 Å². The Hall–Kier alpha value is -2.10. The average Bonchev–Trinajstić information content (AvgIpc) is 2.71. The first-order valence-electron chi connectivity index (χ1n) is 10.9. The average molecular weight is 387 g/mol. The minimum Gasteiger partial charge on any atom is -0.489 e. The summed E-state index contributed by atoms with van der Waals surface area (Å²) >= 11 is 0. The monoisotopic (exact) mass is 386 g/mol. The van der Waals surface area contributed by atoms with Crippen LogP contribution in [0.5, 0.6) is 5.75 Å². The highest BCUT2D eigenvalue weighted by Crippen LogP contribution is 2.15. The van der Waals surface area contributed by atoms with Crippen LogP contribution in [-0.4, -0.2) is 18.7 Å². The molecule has 0 unspecified atom stereocenters. The molecule has 0 radical (unpaired) electrons. The fourth-order valence-corrected chi connectivity index (χ4v) is 3.05. The highest BCUT2D eigenvalue weighted by molar-refractivity contribution is 5.85. The molecule has 0 atom stereocenters. The topological polar surface area (TPSA) is 50.7 Å². The van der Waals surface area contributed by atoms with Gasteiger partial charge in [0.2, 0.25) is 5.91 Å². The molecule has 4 heteroatoms. The van der Waals surface area contributed by atoms with Gasteiger partial charge >= 0.3 is 0 Å². The first-order chi connectivity index (χ1) is 13.8. The first kappa shape index (κ1) is 23.9. The summed E-state index contributed by atoms with van der Waals surface area (Å²) in [6.45, 7) is 6.34. The minimum absolute atomic E-state index is 0.0309. The molecule has 0 bridgehead atoms. The molecule has 0 aliphatic heterocycles. The molecule has 1 amide bonds. The third-order valence-corrected chi connectivity index (χ3v) is 4.68. The molecule has 156 valence electrons. The van der Waals surface area contributed by atoms with Crippen molar-refractivity contribution in [2.45, 2.75) is 84.0 Å². The van der Waals surface area contributed by atoms with Gasteiger partial charge in [0.1, 0.15) is 12.4 Å². The van der Waals surface area contributed by atoms with Crippen LogP contribution < -0.4 is 10.2 Å². The quantitative estimate of drug-likeness (QED) is 0.146. The van der Waals surface area contributed by atoms with Crippen molar-refractivity contribution in [1.29, 1.82) is 0 Å². The Morgan fingerprint density at radius 1 is 1.00 bits per heavy atom. The van der Waals surface area contributed by atoms with Crippen molar-refractivity contribution in [1.82, 2.24) is 5.43 Å². The molecular formula is C24H38N2O2. The van der Waals surface area contributed by atoms with Crippen LogP contribution >= 0.6 is 0 Å². The molecule has 0 saturated heterocycles. The van der Waals surface area contributed by atoms with Crippen LogP contribution in [0.3, 0.4) is 0 Å². The van der Waals surface area contributed by atoms with Gasteiger partial charge in [-0.25, -0.2) is 5.43 Å². The van der Waals surface area contributed by atoms with Gasteiger partial charge < -0.3 is 4.74 Å². The number of rotatable bonds is 17. The minimum atomic E-state index is -0.0309. The fourth-order valence-electron chi connectivity index (χ4n) is 3.05. The van der Waals surface area contributed by atoms with Crippen LogP contribution in [0.1, 0.15) is 89.5 Å². The number of carbonyl (C=O) groups excluding carboxylic acids is 1. The number of nitrogens with one attached hydrogen (secondary N) is 1. The smallest absolute Gasteiger partial charge is 0.240 e. The number of amides is 1. The third-order valence-electron chi connectivity index (χ3n) is 4.68. The molecule has 0 saturated carbocycles. The molecule has 4 nitrogen and oxygen atoms in total. The number of para-hydroxylation sites is 1. The third kappa shape index (κ3) is 12.3. The van der Waals surface area contributed by atoms with Crippen LogP contribution in [0.15, 0.2) is 42.0 Å². The summed E-state index contributed by atoms with van der Waals surface area (Å²) in [5.41, 5.74) is 3.44. The van der Waals surface area contributed by atoms with Crippen molar-refractivity contribution in [2.24, 2.45) is 5.10 Å². The van der Waals surface area contributed by atoms with E-state index < -0.39 is 0 Å². The molecule has 1 N–H and O–H groups in total. The lowest BCUT2D eigenvalue weighted by Gasteiger charge is -2.06. The van der Waals surface area contributed by atoms with E-state index in [2.05, 4.69) is 24.0 Å². The molecular weight excluding hydrogens is 348 g/mol. The Kier molecular flexibility index (Phi) is 14.6. The molecule has 0 fully saturated rings. The van der Waals surface area contributed by atoms with E-state index in [4.69, 9.17) is 4.74 Å². The Labute approximate surface area is 171 Å². The van der Waals surface area contributed by atoms with Crippen molar-refractivity contribution >= 4 is 12.1 Å². The number of hydrazone groups is 1. The van der Waals surface area contributed by atoms with E-state index in [1.807, 2.05) is 24.3 Å². The molecule has 0 heterocycles. The fraction of sp³-hybridized carbons (Fsp3) is 0.583. The molecule has 1 aromatic carbocycles. The van der Waals surface area contributed by atoms with Crippen LogP contribution in [0.25, 0.3) is 0 Å². The number of unbranched alkanes of at least 4 members (excludes halogenated alkanes) is 10. The van der Waals surface area contributed by atoms with Crippen LogP contribution in [0.2, 0.25) is 0 Å². The lowest BCUT2D eigenvalue weighted by atomic mass is 10.1. The maximum Gasteiger partial charge on any atom is 0.240 e. The number of benzene rings is 1.